The Kier molecular flexibility index (Phi) is 6.81. The summed E-state index contributed by atoms with van der Waals surface area (Å²) in [6.45, 7) is 2.47. The molecular weight excluding hydrogens is 416 g/mol. The van der Waals surface area contributed by atoms with E-state index < -0.39 is 10.0 Å². The number of methoxy groups -OCH3 is 1. The third-order valence-corrected chi connectivity index (χ3v) is 6.43. The molecule has 31 heavy (non-hydrogen) atoms. The standard InChI is InChI=1S/C23H24N2O5S/c1-4-30-21-11-7-18(8-12-21)24-23(26)17-5-9-19(10-6-17)25(2)31(27,28)22-15-13-20(29-3)14-16-22/h5-16H,4H2,1-3H3,(H,24,26). The summed E-state index contributed by atoms with van der Waals surface area (Å²) in [6.07, 6.45) is 0. The van der Waals surface area contributed by atoms with E-state index in [1.165, 1.54) is 30.6 Å². The van der Waals surface area contributed by atoms with Gasteiger partial charge in [-0.3, -0.25) is 9.10 Å². The molecule has 3 aromatic rings. The fourth-order valence-electron chi connectivity index (χ4n) is 2.87. The van der Waals surface area contributed by atoms with Gasteiger partial charge in [-0.25, -0.2) is 8.42 Å². The second-order valence-electron chi connectivity index (χ2n) is 6.61. The summed E-state index contributed by atoms with van der Waals surface area (Å²) in [5, 5.41) is 2.80. The minimum absolute atomic E-state index is 0.146. The lowest BCUT2D eigenvalue weighted by molar-refractivity contribution is 0.102. The number of ether oxygens (including phenoxy) is 2. The van der Waals surface area contributed by atoms with E-state index in [-0.39, 0.29) is 10.8 Å². The van der Waals surface area contributed by atoms with Crippen molar-refractivity contribution in [1.29, 1.82) is 0 Å². The van der Waals surface area contributed by atoms with Crippen molar-refractivity contribution in [2.45, 2.75) is 11.8 Å². The molecule has 0 atom stereocenters. The van der Waals surface area contributed by atoms with E-state index in [2.05, 4.69) is 5.32 Å². The first-order valence-corrected chi connectivity index (χ1v) is 11.1. The van der Waals surface area contributed by atoms with Gasteiger partial charge < -0.3 is 14.8 Å². The first-order chi connectivity index (χ1) is 14.8. The SMILES string of the molecule is CCOc1ccc(NC(=O)c2ccc(N(C)S(=O)(=O)c3ccc(OC)cc3)cc2)cc1. The first kappa shape index (κ1) is 22.2. The fraction of sp³-hybridized carbons (Fsp3) is 0.174. The lowest BCUT2D eigenvalue weighted by Crippen LogP contribution is -2.26. The van der Waals surface area contributed by atoms with E-state index in [0.717, 1.165) is 5.75 Å². The Bertz CT molecular complexity index is 1130. The van der Waals surface area contributed by atoms with Gasteiger partial charge in [0.15, 0.2) is 0 Å². The van der Waals surface area contributed by atoms with Crippen LogP contribution >= 0.6 is 0 Å². The predicted octanol–water partition coefficient (Wildman–Crippen LogP) is 4.17. The normalized spacial score (nSPS) is 10.9. The Morgan fingerprint density at radius 3 is 2.03 bits per heavy atom. The highest BCUT2D eigenvalue weighted by atomic mass is 32.2. The lowest BCUT2D eigenvalue weighted by Gasteiger charge is -2.20. The molecule has 0 heterocycles. The van der Waals surface area contributed by atoms with Gasteiger partial charge in [-0.1, -0.05) is 0 Å². The van der Waals surface area contributed by atoms with Crippen LogP contribution in [0.4, 0.5) is 11.4 Å². The molecule has 0 saturated carbocycles. The molecule has 0 aliphatic rings. The molecule has 0 radical (unpaired) electrons. The minimum Gasteiger partial charge on any atom is -0.497 e. The number of hydrogen-bond acceptors (Lipinski definition) is 5. The molecule has 7 nitrogen and oxygen atoms in total. The van der Waals surface area contributed by atoms with E-state index in [0.29, 0.717) is 29.3 Å². The second kappa shape index (κ2) is 9.53. The van der Waals surface area contributed by atoms with E-state index in [1.54, 1.807) is 60.7 Å². The van der Waals surface area contributed by atoms with Crippen molar-refractivity contribution < 1.29 is 22.7 Å². The number of nitrogens with one attached hydrogen (secondary N) is 1. The average Bonchev–Trinajstić information content (AvgIpc) is 2.80. The Hall–Kier alpha value is -3.52. The zero-order valence-electron chi connectivity index (χ0n) is 17.5. The quantitative estimate of drug-likeness (QED) is 0.568. The Morgan fingerprint density at radius 2 is 1.48 bits per heavy atom. The topological polar surface area (TPSA) is 84.9 Å². The number of anilines is 2. The van der Waals surface area contributed by atoms with Crippen LogP contribution in [0.2, 0.25) is 0 Å². The van der Waals surface area contributed by atoms with Crippen molar-refractivity contribution >= 4 is 27.3 Å². The van der Waals surface area contributed by atoms with Crippen LogP contribution in [0.1, 0.15) is 17.3 Å². The molecule has 0 aromatic heterocycles. The summed E-state index contributed by atoms with van der Waals surface area (Å²) in [6, 6.07) is 19.6. The smallest absolute Gasteiger partial charge is 0.264 e. The first-order valence-electron chi connectivity index (χ1n) is 9.62. The van der Waals surface area contributed by atoms with Gasteiger partial charge in [0.2, 0.25) is 0 Å². The summed E-state index contributed by atoms with van der Waals surface area (Å²) >= 11 is 0. The van der Waals surface area contributed by atoms with E-state index in [4.69, 9.17) is 9.47 Å². The van der Waals surface area contributed by atoms with Crippen LogP contribution in [-0.2, 0) is 10.0 Å². The van der Waals surface area contributed by atoms with Crippen molar-refractivity contribution in [2.24, 2.45) is 0 Å². The highest BCUT2D eigenvalue weighted by Gasteiger charge is 2.21. The van der Waals surface area contributed by atoms with Crippen LogP contribution in [0.3, 0.4) is 0 Å². The highest BCUT2D eigenvalue weighted by molar-refractivity contribution is 7.92. The van der Waals surface area contributed by atoms with Gasteiger partial charge in [-0.15, -0.1) is 0 Å². The van der Waals surface area contributed by atoms with Crippen LogP contribution in [0, 0.1) is 0 Å². The molecular formula is C23H24N2O5S. The molecule has 1 N–H and O–H groups in total. The van der Waals surface area contributed by atoms with Crippen LogP contribution in [0.5, 0.6) is 11.5 Å². The summed E-state index contributed by atoms with van der Waals surface area (Å²) in [5.41, 5.74) is 1.48. The van der Waals surface area contributed by atoms with Crippen molar-refractivity contribution in [1.82, 2.24) is 0 Å². The summed E-state index contributed by atoms with van der Waals surface area (Å²) in [4.78, 5) is 12.6. The zero-order chi connectivity index (χ0) is 22.4. The molecule has 0 unspecified atom stereocenters. The summed E-state index contributed by atoms with van der Waals surface area (Å²) in [7, 11) is -0.758. The van der Waals surface area contributed by atoms with Gasteiger partial charge in [-0.2, -0.15) is 0 Å². The van der Waals surface area contributed by atoms with Gasteiger partial charge >= 0.3 is 0 Å². The number of carbonyl (C=O) groups excluding carboxylic acids is 1. The molecule has 3 rings (SSSR count). The molecule has 8 heteroatoms. The number of hydrogen-bond donors (Lipinski definition) is 1. The van der Waals surface area contributed by atoms with Gasteiger partial charge in [0.05, 0.1) is 24.3 Å². The van der Waals surface area contributed by atoms with E-state index in [9.17, 15) is 13.2 Å². The molecule has 0 saturated heterocycles. The average molecular weight is 441 g/mol. The largest absolute Gasteiger partial charge is 0.497 e. The Morgan fingerprint density at radius 1 is 0.903 bits per heavy atom. The summed E-state index contributed by atoms with van der Waals surface area (Å²) < 4.78 is 37.3. The van der Waals surface area contributed by atoms with Crippen molar-refractivity contribution in [3.63, 3.8) is 0 Å². The van der Waals surface area contributed by atoms with Crippen LogP contribution < -0.4 is 19.1 Å². The van der Waals surface area contributed by atoms with Crippen LogP contribution in [0.15, 0.2) is 77.7 Å². The monoisotopic (exact) mass is 440 g/mol. The van der Waals surface area contributed by atoms with E-state index in [1.807, 2.05) is 6.92 Å². The maximum Gasteiger partial charge on any atom is 0.264 e. The third kappa shape index (κ3) is 5.16. The number of nitrogens with zero attached hydrogens (tertiary/aromatic N) is 1. The third-order valence-electron chi connectivity index (χ3n) is 4.63. The molecule has 0 aliphatic heterocycles. The van der Waals surface area contributed by atoms with E-state index >= 15 is 0 Å². The zero-order valence-corrected chi connectivity index (χ0v) is 18.3. The second-order valence-corrected chi connectivity index (χ2v) is 8.58. The summed E-state index contributed by atoms with van der Waals surface area (Å²) in [5.74, 6) is 1.01. The lowest BCUT2D eigenvalue weighted by atomic mass is 10.2. The molecule has 0 bridgehead atoms. The van der Waals surface area contributed by atoms with Crippen LogP contribution in [-0.4, -0.2) is 35.1 Å². The number of sulfonamides is 1. The molecule has 0 fully saturated rings. The molecule has 3 aromatic carbocycles. The molecule has 1 amide bonds. The van der Waals surface area contributed by atoms with Crippen molar-refractivity contribution in [2.75, 3.05) is 30.4 Å². The van der Waals surface area contributed by atoms with Gasteiger partial charge in [0.25, 0.3) is 15.9 Å². The molecule has 162 valence electrons. The number of rotatable bonds is 8. The van der Waals surface area contributed by atoms with Gasteiger partial charge in [0, 0.05) is 18.3 Å². The Labute approximate surface area is 182 Å². The van der Waals surface area contributed by atoms with Crippen molar-refractivity contribution in [3.05, 3.63) is 78.4 Å². The highest BCUT2D eigenvalue weighted by Crippen LogP contribution is 2.24. The van der Waals surface area contributed by atoms with Crippen LogP contribution in [0.25, 0.3) is 0 Å². The van der Waals surface area contributed by atoms with Gasteiger partial charge in [-0.05, 0) is 79.7 Å². The minimum atomic E-state index is -3.74. The number of carbonyl (C=O) groups is 1. The predicted molar refractivity (Wildman–Crippen MR) is 121 cm³/mol. The molecule has 0 aliphatic carbocycles. The maximum atomic E-state index is 12.9. The number of benzene rings is 3. The van der Waals surface area contributed by atoms with Gasteiger partial charge in [0.1, 0.15) is 11.5 Å². The Balaban J connectivity index is 1.71. The number of amides is 1. The molecule has 0 spiro atoms. The maximum absolute atomic E-state index is 12.9. The fourth-order valence-corrected chi connectivity index (χ4v) is 4.07. The van der Waals surface area contributed by atoms with Crippen molar-refractivity contribution in [3.8, 4) is 11.5 Å².